The second kappa shape index (κ2) is 7.30. The van der Waals surface area contributed by atoms with Gasteiger partial charge in [-0.15, -0.1) is 0 Å². The van der Waals surface area contributed by atoms with Gasteiger partial charge in [0.25, 0.3) is 0 Å². The molecular weight excluding hydrogens is 373 g/mol. The second-order valence-corrected chi connectivity index (χ2v) is 9.63. The van der Waals surface area contributed by atoms with Crippen molar-refractivity contribution < 1.29 is 12.8 Å². The Bertz CT molecular complexity index is 1030. The molecule has 0 N–H and O–H groups in total. The van der Waals surface area contributed by atoms with Gasteiger partial charge in [0.2, 0.25) is 10.0 Å². The summed E-state index contributed by atoms with van der Waals surface area (Å²) in [7, 11) is -3.68. The van der Waals surface area contributed by atoms with E-state index in [4.69, 9.17) is 0 Å². The predicted molar refractivity (Wildman–Crippen MR) is 110 cm³/mol. The zero-order chi connectivity index (χ0) is 19.8. The summed E-state index contributed by atoms with van der Waals surface area (Å²) in [5.41, 5.74) is 1.52. The van der Waals surface area contributed by atoms with Gasteiger partial charge >= 0.3 is 0 Å². The monoisotopic (exact) mass is 397 g/mol. The van der Waals surface area contributed by atoms with E-state index in [0.29, 0.717) is 11.1 Å². The van der Waals surface area contributed by atoms with Crippen LogP contribution in [0.1, 0.15) is 30.4 Å². The number of halogens is 1. The molecule has 5 heteroatoms. The smallest absolute Gasteiger partial charge is 0.207 e. The lowest BCUT2D eigenvalue weighted by molar-refractivity contribution is 0.370. The van der Waals surface area contributed by atoms with E-state index in [-0.39, 0.29) is 23.8 Å². The Morgan fingerprint density at radius 2 is 1.79 bits per heavy atom. The van der Waals surface area contributed by atoms with Gasteiger partial charge in [0.1, 0.15) is 5.83 Å². The van der Waals surface area contributed by atoms with E-state index in [2.05, 4.69) is 6.08 Å². The van der Waals surface area contributed by atoms with Crippen molar-refractivity contribution in [1.29, 1.82) is 0 Å². The normalized spacial score (nSPS) is 24.6. The van der Waals surface area contributed by atoms with E-state index in [1.54, 1.807) is 48.5 Å². The fourth-order valence-corrected chi connectivity index (χ4v) is 5.66. The topological polar surface area (TPSA) is 37.4 Å². The number of nitrogens with zero attached hydrogens (tertiary/aromatic N) is 1. The van der Waals surface area contributed by atoms with E-state index in [1.165, 1.54) is 4.31 Å². The van der Waals surface area contributed by atoms with Crippen LogP contribution in [0.4, 0.5) is 4.39 Å². The van der Waals surface area contributed by atoms with Gasteiger partial charge < -0.3 is 0 Å². The summed E-state index contributed by atoms with van der Waals surface area (Å²) in [4.78, 5) is 0.259. The van der Waals surface area contributed by atoms with Crippen molar-refractivity contribution in [3.05, 3.63) is 83.4 Å². The van der Waals surface area contributed by atoms with Crippen molar-refractivity contribution in [3.63, 3.8) is 0 Å². The Kier molecular flexibility index (Phi) is 4.98. The molecule has 1 fully saturated rings. The molecule has 0 amide bonds. The van der Waals surface area contributed by atoms with Crippen LogP contribution in [0.15, 0.2) is 77.2 Å². The van der Waals surface area contributed by atoms with Crippen LogP contribution in [0.5, 0.6) is 0 Å². The van der Waals surface area contributed by atoms with Crippen molar-refractivity contribution in [2.75, 3.05) is 13.1 Å². The standard InChI is InChI=1S/C23H24FNO2S/c1-18-10-12-20(13-11-18)28(26,27)25-16-21(22(24)19-8-4-2-5-9-19)23(17-25)14-6-3-7-15-23/h2,4-6,8-14H,3,7,15-17H2,1H3/b22-21-. The number of sulfonamides is 1. The maximum Gasteiger partial charge on any atom is 0.243 e. The van der Waals surface area contributed by atoms with Crippen molar-refractivity contribution in [3.8, 4) is 0 Å². The first-order valence-electron chi connectivity index (χ1n) is 9.61. The second-order valence-electron chi connectivity index (χ2n) is 7.70. The molecule has 1 atom stereocenters. The molecule has 0 aromatic heterocycles. The van der Waals surface area contributed by atoms with E-state index < -0.39 is 15.4 Å². The molecule has 1 heterocycles. The SMILES string of the molecule is Cc1ccc(S(=O)(=O)N2C/C(=C(/F)c3ccccc3)C3(C=CCCC3)C2)cc1. The lowest BCUT2D eigenvalue weighted by Crippen LogP contribution is -2.32. The first kappa shape index (κ1) is 19.1. The van der Waals surface area contributed by atoms with Crippen molar-refractivity contribution in [2.24, 2.45) is 5.41 Å². The molecule has 0 bridgehead atoms. The van der Waals surface area contributed by atoms with Crippen LogP contribution in [0.25, 0.3) is 5.83 Å². The Labute approximate surface area is 166 Å². The fraction of sp³-hybridized carbons (Fsp3) is 0.304. The highest BCUT2D eigenvalue weighted by Gasteiger charge is 2.47. The van der Waals surface area contributed by atoms with Gasteiger partial charge in [0, 0.05) is 24.1 Å². The van der Waals surface area contributed by atoms with Crippen molar-refractivity contribution in [2.45, 2.75) is 31.1 Å². The molecular formula is C23H24FNO2S. The molecule has 2 aliphatic rings. The van der Waals surface area contributed by atoms with Crippen LogP contribution in [0, 0.1) is 12.3 Å². The number of allylic oxidation sites excluding steroid dienone is 1. The Morgan fingerprint density at radius 3 is 2.43 bits per heavy atom. The highest BCUT2D eigenvalue weighted by molar-refractivity contribution is 7.89. The van der Waals surface area contributed by atoms with Gasteiger partial charge in [-0.3, -0.25) is 0 Å². The summed E-state index contributed by atoms with van der Waals surface area (Å²) in [6.07, 6.45) is 6.73. The molecule has 28 heavy (non-hydrogen) atoms. The Balaban J connectivity index is 1.78. The summed E-state index contributed by atoms with van der Waals surface area (Å²) in [6, 6.07) is 15.8. The molecule has 3 nitrogen and oxygen atoms in total. The Hall–Kier alpha value is -2.24. The summed E-state index contributed by atoms with van der Waals surface area (Å²) < 4.78 is 43.4. The minimum absolute atomic E-state index is 0.0846. The number of aryl methyl sites for hydroxylation is 1. The maximum atomic E-state index is 15.5. The average Bonchev–Trinajstić information content (AvgIpc) is 3.08. The zero-order valence-corrected chi connectivity index (χ0v) is 16.8. The van der Waals surface area contributed by atoms with Gasteiger partial charge in [-0.05, 0) is 43.9 Å². The van der Waals surface area contributed by atoms with Crippen LogP contribution >= 0.6 is 0 Å². The highest BCUT2D eigenvalue weighted by atomic mass is 32.2. The van der Waals surface area contributed by atoms with Gasteiger partial charge in [-0.1, -0.05) is 60.2 Å². The third-order valence-electron chi connectivity index (χ3n) is 5.78. The number of rotatable bonds is 3. The zero-order valence-electron chi connectivity index (χ0n) is 15.9. The van der Waals surface area contributed by atoms with E-state index in [1.807, 2.05) is 19.1 Å². The van der Waals surface area contributed by atoms with Gasteiger partial charge in [0.15, 0.2) is 0 Å². The lowest BCUT2D eigenvalue weighted by atomic mass is 9.74. The largest absolute Gasteiger partial charge is 0.243 e. The molecule has 1 saturated heterocycles. The molecule has 0 radical (unpaired) electrons. The van der Waals surface area contributed by atoms with Crippen LogP contribution < -0.4 is 0 Å². The van der Waals surface area contributed by atoms with Gasteiger partial charge in [0.05, 0.1) is 4.90 Å². The molecule has 2 aromatic carbocycles. The van der Waals surface area contributed by atoms with Crippen molar-refractivity contribution >= 4 is 15.9 Å². The number of hydrogen-bond donors (Lipinski definition) is 0. The minimum Gasteiger partial charge on any atom is -0.207 e. The third kappa shape index (κ3) is 3.33. The molecule has 1 unspecified atom stereocenters. The molecule has 146 valence electrons. The molecule has 0 saturated carbocycles. The van der Waals surface area contributed by atoms with Crippen molar-refractivity contribution in [1.82, 2.24) is 4.31 Å². The third-order valence-corrected chi connectivity index (χ3v) is 7.58. The summed E-state index contributed by atoms with van der Waals surface area (Å²) in [6.45, 7) is 2.29. The van der Waals surface area contributed by atoms with Crippen LogP contribution in [-0.2, 0) is 10.0 Å². The molecule has 1 spiro atoms. The molecule has 4 rings (SSSR count). The van der Waals surface area contributed by atoms with E-state index in [9.17, 15) is 8.42 Å². The lowest BCUT2D eigenvalue weighted by Gasteiger charge is -2.30. The molecule has 1 aliphatic heterocycles. The highest BCUT2D eigenvalue weighted by Crippen LogP contribution is 2.48. The van der Waals surface area contributed by atoms with Crippen LogP contribution in [0.2, 0.25) is 0 Å². The molecule has 2 aromatic rings. The molecule has 1 aliphatic carbocycles. The fourth-order valence-electron chi connectivity index (χ4n) is 4.19. The van der Waals surface area contributed by atoms with Gasteiger partial charge in [-0.2, -0.15) is 4.31 Å². The number of benzene rings is 2. The maximum absolute atomic E-state index is 15.5. The van der Waals surface area contributed by atoms with Crippen LogP contribution in [-0.4, -0.2) is 25.8 Å². The first-order chi connectivity index (χ1) is 13.4. The minimum atomic E-state index is -3.68. The number of hydrogen-bond acceptors (Lipinski definition) is 2. The van der Waals surface area contributed by atoms with Crippen LogP contribution in [0.3, 0.4) is 0 Å². The first-order valence-corrected chi connectivity index (χ1v) is 11.1. The quantitative estimate of drug-likeness (QED) is 0.675. The van der Waals surface area contributed by atoms with Gasteiger partial charge in [-0.25, -0.2) is 12.8 Å². The predicted octanol–water partition coefficient (Wildman–Crippen LogP) is 5.11. The Morgan fingerprint density at radius 1 is 1.07 bits per heavy atom. The van der Waals surface area contributed by atoms with E-state index >= 15 is 4.39 Å². The summed E-state index contributed by atoms with van der Waals surface area (Å²) in [5, 5.41) is 0. The summed E-state index contributed by atoms with van der Waals surface area (Å²) >= 11 is 0. The average molecular weight is 398 g/mol. The summed E-state index contributed by atoms with van der Waals surface area (Å²) in [5.74, 6) is -0.297. The van der Waals surface area contributed by atoms with E-state index in [0.717, 1.165) is 24.8 Å².